The van der Waals surface area contributed by atoms with E-state index < -0.39 is 0 Å². The van der Waals surface area contributed by atoms with Gasteiger partial charge in [0.05, 0.1) is 24.3 Å². The van der Waals surface area contributed by atoms with Crippen LogP contribution in [0.15, 0.2) is 12.1 Å². The van der Waals surface area contributed by atoms with Gasteiger partial charge in [-0.25, -0.2) is 4.79 Å². The van der Waals surface area contributed by atoms with E-state index in [1.54, 1.807) is 6.07 Å². The van der Waals surface area contributed by atoms with Crippen molar-refractivity contribution in [1.82, 2.24) is 10.2 Å². The average molecular weight is 386 g/mol. The lowest BCUT2D eigenvalue weighted by atomic mass is 9.94. The summed E-state index contributed by atoms with van der Waals surface area (Å²) in [5.41, 5.74) is 2.41. The number of fused-ring (bicyclic) bond motifs is 1. The molecule has 1 saturated heterocycles. The maximum absolute atomic E-state index is 12.0. The molecular formula is C14H15IN2O3. The molecule has 6 heteroatoms. The fourth-order valence-corrected chi connectivity index (χ4v) is 3.39. The van der Waals surface area contributed by atoms with Crippen molar-refractivity contribution < 1.29 is 14.3 Å². The van der Waals surface area contributed by atoms with E-state index in [0.29, 0.717) is 5.56 Å². The van der Waals surface area contributed by atoms with Crippen LogP contribution in [0.4, 0.5) is 0 Å². The second kappa shape index (κ2) is 5.69. The Morgan fingerprint density at radius 2 is 2.35 bits per heavy atom. The van der Waals surface area contributed by atoms with Crippen molar-refractivity contribution in [2.45, 2.75) is 25.4 Å². The lowest BCUT2D eigenvalue weighted by Gasteiger charge is -2.25. The number of carbonyl (C=O) groups excluding carboxylic acids is 1. The van der Waals surface area contributed by atoms with Gasteiger partial charge in [0.15, 0.2) is 0 Å². The molecule has 0 bridgehead atoms. The fourth-order valence-electron chi connectivity index (χ4n) is 2.69. The molecule has 0 spiro atoms. The number of halogens is 1. The summed E-state index contributed by atoms with van der Waals surface area (Å²) < 4.78 is 11.6. The Labute approximate surface area is 130 Å². The number of esters is 1. The van der Waals surface area contributed by atoms with Gasteiger partial charge in [-0.2, -0.15) is 5.10 Å². The zero-order valence-electron chi connectivity index (χ0n) is 11.1. The van der Waals surface area contributed by atoms with Crippen LogP contribution in [0.1, 0.15) is 41.3 Å². The van der Waals surface area contributed by atoms with Crippen LogP contribution < -0.4 is 0 Å². The van der Waals surface area contributed by atoms with Crippen LogP contribution in [-0.4, -0.2) is 29.9 Å². The molecule has 5 nitrogen and oxygen atoms in total. The molecule has 1 aromatic carbocycles. The number of nitrogens with zero attached hydrogens (tertiary/aromatic N) is 1. The zero-order valence-corrected chi connectivity index (χ0v) is 13.3. The third kappa shape index (κ3) is 2.31. The van der Waals surface area contributed by atoms with E-state index in [1.165, 1.54) is 7.11 Å². The molecule has 0 aliphatic carbocycles. The number of aromatic amines is 1. The number of hydrogen-bond acceptors (Lipinski definition) is 4. The minimum atomic E-state index is -0.326. The highest BCUT2D eigenvalue weighted by molar-refractivity contribution is 14.1. The highest BCUT2D eigenvalue weighted by Crippen LogP contribution is 2.36. The van der Waals surface area contributed by atoms with E-state index in [1.807, 2.05) is 6.07 Å². The standard InChI is InChI=1S/C14H15IN2O3/c1-19-14(18)8-5-6-9-12(13(15)17-16-9)11(8)10-4-2-3-7-20-10/h5-6,10H,2-4,7H2,1H3,(H,16,17). The first kappa shape index (κ1) is 13.8. The monoisotopic (exact) mass is 386 g/mol. The summed E-state index contributed by atoms with van der Waals surface area (Å²) in [5.74, 6) is -0.326. The molecule has 1 N–H and O–H groups in total. The summed E-state index contributed by atoms with van der Waals surface area (Å²) in [4.78, 5) is 12.0. The minimum absolute atomic E-state index is 0.0623. The Bertz CT molecular complexity index is 647. The van der Waals surface area contributed by atoms with Gasteiger partial charge in [-0.1, -0.05) is 0 Å². The van der Waals surface area contributed by atoms with E-state index in [2.05, 4.69) is 32.8 Å². The van der Waals surface area contributed by atoms with Crippen LogP contribution in [0.2, 0.25) is 0 Å². The summed E-state index contributed by atoms with van der Waals surface area (Å²) >= 11 is 2.18. The van der Waals surface area contributed by atoms with Crippen molar-refractivity contribution in [2.24, 2.45) is 0 Å². The van der Waals surface area contributed by atoms with Gasteiger partial charge >= 0.3 is 5.97 Å². The Morgan fingerprint density at radius 3 is 3.05 bits per heavy atom. The molecule has 1 atom stereocenters. The van der Waals surface area contributed by atoms with Crippen LogP contribution in [-0.2, 0) is 9.47 Å². The first-order chi connectivity index (χ1) is 9.72. The van der Waals surface area contributed by atoms with Gasteiger partial charge in [-0.05, 0) is 54.0 Å². The van der Waals surface area contributed by atoms with Crippen molar-refractivity contribution >= 4 is 39.5 Å². The highest BCUT2D eigenvalue weighted by atomic mass is 127. The van der Waals surface area contributed by atoms with E-state index in [-0.39, 0.29) is 12.1 Å². The molecule has 106 valence electrons. The minimum Gasteiger partial charge on any atom is -0.465 e. The van der Waals surface area contributed by atoms with Gasteiger partial charge in [0.25, 0.3) is 0 Å². The van der Waals surface area contributed by atoms with Crippen molar-refractivity contribution in [3.63, 3.8) is 0 Å². The smallest absolute Gasteiger partial charge is 0.338 e. The summed E-state index contributed by atoms with van der Waals surface area (Å²) in [6, 6.07) is 3.65. The molecule has 2 heterocycles. The largest absolute Gasteiger partial charge is 0.465 e. The third-order valence-electron chi connectivity index (χ3n) is 3.63. The number of carbonyl (C=O) groups is 1. The second-order valence-corrected chi connectivity index (χ2v) is 5.83. The molecule has 0 radical (unpaired) electrons. The summed E-state index contributed by atoms with van der Waals surface area (Å²) in [6.07, 6.45) is 3.04. The zero-order chi connectivity index (χ0) is 14.1. The predicted molar refractivity (Wildman–Crippen MR) is 82.7 cm³/mol. The third-order valence-corrected chi connectivity index (χ3v) is 4.41. The van der Waals surface area contributed by atoms with Crippen LogP contribution in [0.5, 0.6) is 0 Å². The van der Waals surface area contributed by atoms with Gasteiger partial charge in [0.2, 0.25) is 0 Å². The maximum atomic E-state index is 12.0. The number of methoxy groups -OCH3 is 1. The number of rotatable bonds is 2. The molecule has 2 aromatic rings. The second-order valence-electron chi connectivity index (χ2n) is 4.81. The van der Waals surface area contributed by atoms with Crippen molar-refractivity contribution in [3.05, 3.63) is 27.0 Å². The van der Waals surface area contributed by atoms with Crippen molar-refractivity contribution in [1.29, 1.82) is 0 Å². The molecular weight excluding hydrogens is 371 g/mol. The maximum Gasteiger partial charge on any atom is 0.338 e. The first-order valence-corrected chi connectivity index (χ1v) is 7.66. The predicted octanol–water partition coefficient (Wildman–Crippen LogP) is 3.20. The number of aromatic nitrogens is 2. The molecule has 1 unspecified atom stereocenters. The molecule has 0 saturated carbocycles. The van der Waals surface area contributed by atoms with E-state index >= 15 is 0 Å². The van der Waals surface area contributed by atoms with Gasteiger partial charge in [0, 0.05) is 17.6 Å². The number of H-pyrrole nitrogens is 1. The molecule has 3 rings (SSSR count). The summed E-state index contributed by atoms with van der Waals surface area (Å²) in [5, 5.41) is 8.19. The van der Waals surface area contributed by atoms with Crippen LogP contribution in [0, 0.1) is 3.70 Å². The quantitative estimate of drug-likeness (QED) is 0.636. The highest BCUT2D eigenvalue weighted by Gasteiger charge is 2.26. The number of nitrogens with one attached hydrogen (secondary N) is 1. The number of ether oxygens (including phenoxy) is 2. The van der Waals surface area contributed by atoms with Crippen LogP contribution in [0.25, 0.3) is 10.9 Å². The summed E-state index contributed by atoms with van der Waals surface area (Å²) in [7, 11) is 1.40. The van der Waals surface area contributed by atoms with E-state index in [0.717, 1.165) is 46.0 Å². The SMILES string of the molecule is COC(=O)c1ccc2[nH]nc(I)c2c1C1CCCCO1. The number of hydrogen-bond donors (Lipinski definition) is 1. The molecule has 1 fully saturated rings. The Balaban J connectivity index is 2.22. The average Bonchev–Trinajstić information content (AvgIpc) is 2.88. The lowest BCUT2D eigenvalue weighted by Crippen LogP contribution is -2.16. The van der Waals surface area contributed by atoms with Gasteiger partial charge < -0.3 is 9.47 Å². The van der Waals surface area contributed by atoms with E-state index in [4.69, 9.17) is 9.47 Å². The van der Waals surface area contributed by atoms with Gasteiger partial charge in [-0.3, -0.25) is 5.10 Å². The Hall–Kier alpha value is -1.15. The first-order valence-electron chi connectivity index (χ1n) is 6.58. The topological polar surface area (TPSA) is 64.2 Å². The molecule has 0 amide bonds. The van der Waals surface area contributed by atoms with Gasteiger partial charge in [0.1, 0.15) is 3.70 Å². The number of benzene rings is 1. The molecule has 20 heavy (non-hydrogen) atoms. The normalized spacial score (nSPS) is 19.2. The lowest BCUT2D eigenvalue weighted by molar-refractivity contribution is 0.0145. The van der Waals surface area contributed by atoms with E-state index in [9.17, 15) is 4.79 Å². The van der Waals surface area contributed by atoms with Crippen LogP contribution >= 0.6 is 22.6 Å². The van der Waals surface area contributed by atoms with Crippen molar-refractivity contribution in [3.8, 4) is 0 Å². The Morgan fingerprint density at radius 1 is 1.50 bits per heavy atom. The summed E-state index contributed by atoms with van der Waals surface area (Å²) in [6.45, 7) is 0.732. The van der Waals surface area contributed by atoms with Gasteiger partial charge in [-0.15, -0.1) is 0 Å². The fraction of sp³-hybridized carbons (Fsp3) is 0.429. The Kier molecular flexibility index (Phi) is 3.93. The molecule has 1 aliphatic rings. The van der Waals surface area contributed by atoms with Crippen LogP contribution in [0.3, 0.4) is 0 Å². The van der Waals surface area contributed by atoms with Crippen molar-refractivity contribution in [2.75, 3.05) is 13.7 Å². The molecule has 1 aromatic heterocycles. The molecule has 1 aliphatic heterocycles.